The highest BCUT2D eigenvalue weighted by Crippen LogP contribution is 2.25. The number of ether oxygens (including phenoxy) is 1. The van der Waals surface area contributed by atoms with Crippen LogP contribution in [0.25, 0.3) is 0 Å². The number of carbonyl (C=O) groups excluding carboxylic acids is 1. The van der Waals surface area contributed by atoms with Crippen LogP contribution in [-0.2, 0) is 4.74 Å². The molecule has 1 aliphatic rings. The Hall–Kier alpha value is -0.770. The number of aliphatic hydroxyl groups is 1. The first-order valence-electron chi connectivity index (χ1n) is 6.85. The molecule has 1 amide bonds. The van der Waals surface area contributed by atoms with Crippen LogP contribution < -0.4 is 0 Å². The minimum Gasteiger partial charge on any atom is -0.444 e. The third-order valence-corrected chi connectivity index (χ3v) is 3.12. The summed E-state index contributed by atoms with van der Waals surface area (Å²) < 4.78 is 5.37. The maximum Gasteiger partial charge on any atom is 0.410 e. The second-order valence-electron chi connectivity index (χ2n) is 6.67. The number of piperidine rings is 1. The number of hydrogen-bond donors (Lipinski definition) is 1. The number of likely N-dealkylation sites (tertiary alicyclic amines) is 1. The van der Waals surface area contributed by atoms with Gasteiger partial charge in [0.15, 0.2) is 0 Å². The summed E-state index contributed by atoms with van der Waals surface area (Å²) in [7, 11) is 0. The Kier molecular flexibility index (Phi) is 5.02. The van der Waals surface area contributed by atoms with E-state index >= 15 is 0 Å². The van der Waals surface area contributed by atoms with Crippen molar-refractivity contribution in [2.75, 3.05) is 13.1 Å². The van der Waals surface area contributed by atoms with Crippen molar-refractivity contribution in [3.8, 4) is 0 Å². The SMILES string of the molecule is CC(C)CC1CN(C(=O)OC(C)(C)C)CCC1O. The summed E-state index contributed by atoms with van der Waals surface area (Å²) in [5, 5.41) is 9.97. The van der Waals surface area contributed by atoms with Crippen LogP contribution in [-0.4, -0.2) is 40.9 Å². The Bertz CT molecular complexity index is 283. The molecule has 0 bridgehead atoms. The van der Waals surface area contributed by atoms with Crippen LogP contribution in [0.15, 0.2) is 0 Å². The van der Waals surface area contributed by atoms with Crippen molar-refractivity contribution >= 4 is 6.09 Å². The van der Waals surface area contributed by atoms with Crippen LogP contribution in [0, 0.1) is 11.8 Å². The van der Waals surface area contributed by atoms with Gasteiger partial charge >= 0.3 is 6.09 Å². The maximum absolute atomic E-state index is 12.0. The van der Waals surface area contributed by atoms with Crippen molar-refractivity contribution in [2.45, 2.75) is 59.2 Å². The van der Waals surface area contributed by atoms with E-state index in [2.05, 4.69) is 13.8 Å². The largest absolute Gasteiger partial charge is 0.444 e. The quantitative estimate of drug-likeness (QED) is 0.827. The van der Waals surface area contributed by atoms with Gasteiger partial charge in [0.05, 0.1) is 6.10 Å². The summed E-state index contributed by atoms with van der Waals surface area (Å²) in [5.41, 5.74) is -0.458. The summed E-state index contributed by atoms with van der Waals surface area (Å²) in [6.45, 7) is 11.1. The van der Waals surface area contributed by atoms with Crippen LogP contribution in [0.3, 0.4) is 0 Å². The van der Waals surface area contributed by atoms with Crippen molar-refractivity contribution in [1.29, 1.82) is 0 Å². The molecule has 1 fully saturated rings. The minimum atomic E-state index is -0.458. The number of amides is 1. The van der Waals surface area contributed by atoms with Crippen LogP contribution in [0.5, 0.6) is 0 Å². The normalized spacial score (nSPS) is 25.4. The first kappa shape index (κ1) is 15.3. The van der Waals surface area contributed by atoms with Crippen LogP contribution in [0.1, 0.15) is 47.5 Å². The number of carbonyl (C=O) groups is 1. The van der Waals surface area contributed by atoms with E-state index in [4.69, 9.17) is 4.74 Å². The first-order valence-corrected chi connectivity index (χ1v) is 6.85. The third-order valence-electron chi connectivity index (χ3n) is 3.12. The van der Waals surface area contributed by atoms with E-state index < -0.39 is 5.60 Å². The molecule has 18 heavy (non-hydrogen) atoms. The monoisotopic (exact) mass is 257 g/mol. The summed E-state index contributed by atoms with van der Waals surface area (Å²) in [5.74, 6) is 0.703. The highest BCUT2D eigenvalue weighted by molar-refractivity contribution is 5.68. The van der Waals surface area contributed by atoms with Crippen LogP contribution >= 0.6 is 0 Å². The standard InChI is InChI=1S/C14H27NO3/c1-10(2)8-11-9-15(7-6-12(11)16)13(17)18-14(3,4)5/h10-12,16H,6-9H2,1-5H3. The van der Waals surface area contributed by atoms with Crippen molar-refractivity contribution in [2.24, 2.45) is 11.8 Å². The highest BCUT2D eigenvalue weighted by atomic mass is 16.6. The van der Waals surface area contributed by atoms with Crippen LogP contribution in [0.2, 0.25) is 0 Å². The van der Waals surface area contributed by atoms with E-state index in [0.717, 1.165) is 6.42 Å². The smallest absolute Gasteiger partial charge is 0.410 e. The molecule has 0 radical (unpaired) electrons. The Labute approximate surface area is 110 Å². The van der Waals surface area contributed by atoms with Gasteiger partial charge in [-0.05, 0) is 39.5 Å². The van der Waals surface area contributed by atoms with E-state index in [1.54, 1.807) is 4.90 Å². The maximum atomic E-state index is 12.0. The summed E-state index contributed by atoms with van der Waals surface area (Å²) >= 11 is 0. The average Bonchev–Trinajstić information content (AvgIpc) is 2.17. The van der Waals surface area contributed by atoms with Gasteiger partial charge in [-0.2, -0.15) is 0 Å². The molecule has 106 valence electrons. The minimum absolute atomic E-state index is 0.172. The zero-order valence-corrected chi connectivity index (χ0v) is 12.3. The van der Waals surface area contributed by atoms with Crippen molar-refractivity contribution < 1.29 is 14.6 Å². The van der Waals surface area contributed by atoms with Gasteiger partial charge < -0.3 is 14.7 Å². The Morgan fingerprint density at radius 3 is 2.56 bits per heavy atom. The molecule has 0 spiro atoms. The number of nitrogens with zero attached hydrogens (tertiary/aromatic N) is 1. The Balaban J connectivity index is 2.56. The molecular formula is C14H27NO3. The predicted molar refractivity (Wildman–Crippen MR) is 71.4 cm³/mol. The second-order valence-corrected chi connectivity index (χ2v) is 6.67. The van der Waals surface area contributed by atoms with Crippen molar-refractivity contribution in [3.05, 3.63) is 0 Å². The van der Waals surface area contributed by atoms with E-state index in [0.29, 0.717) is 25.4 Å². The average molecular weight is 257 g/mol. The fourth-order valence-corrected chi connectivity index (χ4v) is 2.35. The van der Waals surface area contributed by atoms with Crippen molar-refractivity contribution in [3.63, 3.8) is 0 Å². The Morgan fingerprint density at radius 2 is 2.06 bits per heavy atom. The van der Waals surface area contributed by atoms with Crippen molar-refractivity contribution in [1.82, 2.24) is 4.90 Å². The first-order chi connectivity index (χ1) is 8.19. The van der Waals surface area contributed by atoms with E-state index in [9.17, 15) is 9.90 Å². The third kappa shape index (κ3) is 4.84. The van der Waals surface area contributed by atoms with Gasteiger partial charge in [-0.15, -0.1) is 0 Å². The fourth-order valence-electron chi connectivity index (χ4n) is 2.35. The molecule has 1 saturated heterocycles. The molecule has 2 atom stereocenters. The predicted octanol–water partition coefficient (Wildman–Crippen LogP) is 2.65. The second kappa shape index (κ2) is 5.91. The molecule has 2 unspecified atom stereocenters. The van der Waals surface area contributed by atoms with E-state index in [1.165, 1.54) is 0 Å². The molecule has 1 rings (SSSR count). The zero-order valence-electron chi connectivity index (χ0n) is 12.3. The van der Waals surface area contributed by atoms with Crippen LogP contribution in [0.4, 0.5) is 4.79 Å². The lowest BCUT2D eigenvalue weighted by molar-refractivity contribution is -0.0123. The van der Waals surface area contributed by atoms with E-state index in [1.807, 2.05) is 20.8 Å². The molecule has 4 heteroatoms. The lowest BCUT2D eigenvalue weighted by atomic mass is 9.87. The fraction of sp³-hybridized carbons (Fsp3) is 0.929. The molecule has 0 saturated carbocycles. The van der Waals surface area contributed by atoms with Gasteiger partial charge in [-0.25, -0.2) is 4.79 Å². The van der Waals surface area contributed by atoms with Gasteiger partial charge in [0, 0.05) is 19.0 Å². The lowest BCUT2D eigenvalue weighted by Crippen LogP contribution is -2.47. The highest BCUT2D eigenvalue weighted by Gasteiger charge is 2.32. The molecular weight excluding hydrogens is 230 g/mol. The molecule has 4 nitrogen and oxygen atoms in total. The summed E-state index contributed by atoms with van der Waals surface area (Å²) in [4.78, 5) is 13.7. The van der Waals surface area contributed by atoms with E-state index in [-0.39, 0.29) is 18.1 Å². The van der Waals surface area contributed by atoms with Gasteiger partial charge in [0.2, 0.25) is 0 Å². The number of rotatable bonds is 2. The molecule has 1 aliphatic heterocycles. The molecule has 0 aromatic rings. The molecule has 0 aromatic carbocycles. The molecule has 1 heterocycles. The van der Waals surface area contributed by atoms with Gasteiger partial charge in [-0.1, -0.05) is 13.8 Å². The Morgan fingerprint density at radius 1 is 1.44 bits per heavy atom. The molecule has 0 aromatic heterocycles. The number of aliphatic hydroxyl groups excluding tert-OH is 1. The molecule has 0 aliphatic carbocycles. The van der Waals surface area contributed by atoms with Gasteiger partial charge in [0.1, 0.15) is 5.60 Å². The van der Waals surface area contributed by atoms with Gasteiger partial charge in [-0.3, -0.25) is 0 Å². The number of hydrogen-bond acceptors (Lipinski definition) is 3. The summed E-state index contributed by atoms with van der Waals surface area (Å²) in [6, 6.07) is 0. The topological polar surface area (TPSA) is 49.8 Å². The molecule has 1 N–H and O–H groups in total. The summed E-state index contributed by atoms with van der Waals surface area (Å²) in [6.07, 6.45) is 1.05. The lowest BCUT2D eigenvalue weighted by Gasteiger charge is -2.37. The van der Waals surface area contributed by atoms with Gasteiger partial charge in [0.25, 0.3) is 0 Å². The zero-order chi connectivity index (χ0) is 13.9.